The van der Waals surface area contributed by atoms with Gasteiger partial charge in [-0.25, -0.2) is 9.98 Å². The molecule has 0 bridgehead atoms. The highest BCUT2D eigenvalue weighted by molar-refractivity contribution is 9.18. The summed E-state index contributed by atoms with van der Waals surface area (Å²) in [5.41, 5.74) is 6.23. The van der Waals surface area contributed by atoms with Crippen LogP contribution >= 0.6 is 15.9 Å². The van der Waals surface area contributed by atoms with Gasteiger partial charge in [-0.1, -0.05) is 0 Å². The van der Waals surface area contributed by atoms with Crippen LogP contribution in [-0.4, -0.2) is 9.60 Å². The highest BCUT2D eigenvalue weighted by atomic mass is 79.9. The van der Waals surface area contributed by atoms with E-state index in [1.165, 1.54) is 0 Å². The lowest BCUT2D eigenvalue weighted by Gasteiger charge is -1.96. The Morgan fingerprint density at radius 3 is 3.00 bits per heavy atom. The molecule has 0 aliphatic carbocycles. The van der Waals surface area contributed by atoms with Gasteiger partial charge < -0.3 is 5.73 Å². The summed E-state index contributed by atoms with van der Waals surface area (Å²) in [6.45, 7) is 1.84. The van der Waals surface area contributed by atoms with Crippen molar-refractivity contribution in [1.29, 1.82) is 0 Å². The zero-order valence-corrected chi connectivity index (χ0v) is 7.67. The largest absolute Gasteiger partial charge is 0.382 e. The number of nitrogens with two attached hydrogens (primary N) is 1. The lowest BCUT2D eigenvalue weighted by molar-refractivity contribution is 1.31. The van der Waals surface area contributed by atoms with E-state index in [1.807, 2.05) is 13.0 Å². The van der Waals surface area contributed by atoms with Gasteiger partial charge in [-0.2, -0.15) is 0 Å². The van der Waals surface area contributed by atoms with Crippen molar-refractivity contribution < 1.29 is 0 Å². The Hall–Kier alpha value is -0.900. The molecular weight excluding hydrogens is 206 g/mol. The van der Waals surface area contributed by atoms with Crippen molar-refractivity contribution in [3.05, 3.63) is 18.3 Å². The average molecular weight is 214 g/mol. The first-order valence-corrected chi connectivity index (χ1v) is 3.91. The SMILES string of the molecule is CC(Br)=Nc1cccnc1N. The van der Waals surface area contributed by atoms with Crippen LogP contribution in [0.3, 0.4) is 0 Å². The number of hydrogen-bond acceptors (Lipinski definition) is 3. The van der Waals surface area contributed by atoms with Gasteiger partial charge in [0.15, 0.2) is 0 Å². The van der Waals surface area contributed by atoms with Crippen LogP contribution in [0.4, 0.5) is 11.5 Å². The molecule has 0 aromatic carbocycles. The summed E-state index contributed by atoms with van der Waals surface area (Å²) in [5, 5.41) is 0. The van der Waals surface area contributed by atoms with E-state index >= 15 is 0 Å². The fourth-order valence-electron chi connectivity index (χ4n) is 0.670. The molecule has 4 heteroatoms. The Kier molecular flexibility index (Phi) is 2.59. The molecule has 3 nitrogen and oxygen atoms in total. The second-order valence-corrected chi connectivity index (χ2v) is 3.16. The summed E-state index contributed by atoms with van der Waals surface area (Å²) in [4.78, 5) is 7.99. The van der Waals surface area contributed by atoms with Gasteiger partial charge in [0.2, 0.25) is 0 Å². The van der Waals surface area contributed by atoms with E-state index in [-0.39, 0.29) is 0 Å². The predicted octanol–water partition coefficient (Wildman–Crippen LogP) is 2.11. The third kappa shape index (κ3) is 2.31. The van der Waals surface area contributed by atoms with E-state index in [4.69, 9.17) is 5.73 Å². The number of hydrogen-bond donors (Lipinski definition) is 1. The van der Waals surface area contributed by atoms with Crippen molar-refractivity contribution in [2.75, 3.05) is 5.73 Å². The fraction of sp³-hybridized carbons (Fsp3) is 0.143. The van der Waals surface area contributed by atoms with Crippen molar-refractivity contribution in [3.8, 4) is 0 Å². The van der Waals surface area contributed by atoms with Crippen molar-refractivity contribution in [1.82, 2.24) is 4.98 Å². The van der Waals surface area contributed by atoms with E-state index in [0.29, 0.717) is 11.5 Å². The van der Waals surface area contributed by atoms with E-state index < -0.39 is 0 Å². The molecule has 1 aromatic heterocycles. The van der Waals surface area contributed by atoms with Gasteiger partial charge in [0.1, 0.15) is 11.5 Å². The molecule has 0 aliphatic heterocycles. The van der Waals surface area contributed by atoms with Crippen LogP contribution in [0.25, 0.3) is 0 Å². The minimum absolute atomic E-state index is 0.450. The van der Waals surface area contributed by atoms with Crippen LogP contribution in [-0.2, 0) is 0 Å². The molecule has 0 spiro atoms. The van der Waals surface area contributed by atoms with E-state index in [0.717, 1.165) is 4.62 Å². The van der Waals surface area contributed by atoms with Crippen LogP contribution in [0.5, 0.6) is 0 Å². The van der Waals surface area contributed by atoms with Gasteiger partial charge >= 0.3 is 0 Å². The molecule has 1 rings (SSSR count). The summed E-state index contributed by atoms with van der Waals surface area (Å²) < 4.78 is 0.789. The van der Waals surface area contributed by atoms with Crippen molar-refractivity contribution in [2.24, 2.45) is 4.99 Å². The smallest absolute Gasteiger partial charge is 0.149 e. The number of pyridine rings is 1. The Balaban J connectivity index is 3.04. The average Bonchev–Trinajstić information content (AvgIpc) is 1.93. The number of nitrogens with zero attached hydrogens (tertiary/aromatic N) is 2. The first kappa shape index (κ1) is 8.20. The normalized spacial score (nSPS) is 11.6. The Morgan fingerprint density at radius 2 is 2.45 bits per heavy atom. The van der Waals surface area contributed by atoms with Crippen LogP contribution in [0.1, 0.15) is 6.92 Å². The molecule has 1 aromatic rings. The number of aliphatic imine (C=N–C) groups is 1. The molecule has 58 valence electrons. The number of anilines is 1. The van der Waals surface area contributed by atoms with Crippen LogP contribution < -0.4 is 5.73 Å². The highest BCUT2D eigenvalue weighted by Gasteiger charge is 1.94. The maximum absolute atomic E-state index is 5.53. The minimum Gasteiger partial charge on any atom is -0.382 e. The van der Waals surface area contributed by atoms with E-state index in [1.54, 1.807) is 12.3 Å². The first-order valence-electron chi connectivity index (χ1n) is 3.11. The molecule has 11 heavy (non-hydrogen) atoms. The molecule has 0 radical (unpaired) electrons. The summed E-state index contributed by atoms with van der Waals surface area (Å²) in [7, 11) is 0. The van der Waals surface area contributed by atoms with Crippen molar-refractivity contribution in [3.63, 3.8) is 0 Å². The fourth-order valence-corrected chi connectivity index (χ4v) is 0.861. The quantitative estimate of drug-likeness (QED) is 0.727. The van der Waals surface area contributed by atoms with Crippen LogP contribution in [0, 0.1) is 0 Å². The van der Waals surface area contributed by atoms with Gasteiger partial charge in [0.05, 0.1) is 4.62 Å². The first-order chi connectivity index (χ1) is 5.20. The zero-order chi connectivity index (χ0) is 8.27. The van der Waals surface area contributed by atoms with Crippen molar-refractivity contribution in [2.45, 2.75) is 6.92 Å². The Bertz CT molecular complexity index is 279. The molecule has 0 aliphatic rings. The molecule has 0 fully saturated rings. The second-order valence-electron chi connectivity index (χ2n) is 2.02. The van der Waals surface area contributed by atoms with Gasteiger partial charge in [-0.05, 0) is 35.0 Å². The second kappa shape index (κ2) is 3.48. The minimum atomic E-state index is 0.450. The summed E-state index contributed by atoms with van der Waals surface area (Å²) in [6, 6.07) is 3.61. The van der Waals surface area contributed by atoms with Gasteiger partial charge in [0, 0.05) is 6.20 Å². The molecule has 0 unspecified atom stereocenters. The maximum Gasteiger partial charge on any atom is 0.149 e. The Labute approximate surface area is 73.5 Å². The lowest BCUT2D eigenvalue weighted by atomic mass is 10.4. The van der Waals surface area contributed by atoms with Gasteiger partial charge in [-0.15, -0.1) is 0 Å². The van der Waals surface area contributed by atoms with Crippen molar-refractivity contribution >= 4 is 32.1 Å². The van der Waals surface area contributed by atoms with Gasteiger partial charge in [-0.3, -0.25) is 0 Å². The number of nitrogen functional groups attached to an aromatic ring is 1. The molecule has 0 atom stereocenters. The third-order valence-electron chi connectivity index (χ3n) is 1.09. The standard InChI is InChI=1S/C7H8BrN3/c1-5(8)11-6-3-2-4-10-7(6)9/h2-4H,1H3,(H2,9,10). The molecule has 0 saturated heterocycles. The number of halogens is 1. The summed E-state index contributed by atoms with van der Waals surface area (Å²) in [6.07, 6.45) is 1.64. The van der Waals surface area contributed by atoms with E-state index in [2.05, 4.69) is 25.9 Å². The number of rotatable bonds is 1. The lowest BCUT2D eigenvalue weighted by Crippen LogP contribution is -1.89. The van der Waals surface area contributed by atoms with E-state index in [9.17, 15) is 0 Å². The monoisotopic (exact) mass is 213 g/mol. The van der Waals surface area contributed by atoms with Gasteiger partial charge in [0.25, 0.3) is 0 Å². The topological polar surface area (TPSA) is 51.3 Å². The predicted molar refractivity (Wildman–Crippen MR) is 50.3 cm³/mol. The Morgan fingerprint density at radius 1 is 1.73 bits per heavy atom. The zero-order valence-electron chi connectivity index (χ0n) is 6.08. The third-order valence-corrected chi connectivity index (χ3v) is 1.27. The highest BCUT2D eigenvalue weighted by Crippen LogP contribution is 2.18. The molecule has 1 heterocycles. The molecule has 0 saturated carbocycles. The van der Waals surface area contributed by atoms with Crippen LogP contribution in [0.15, 0.2) is 23.3 Å². The molecule has 0 amide bonds. The van der Waals surface area contributed by atoms with Crippen LogP contribution in [0.2, 0.25) is 0 Å². The summed E-state index contributed by atoms with van der Waals surface area (Å²) in [5.74, 6) is 0.450. The molecular formula is C7H8BrN3. The summed E-state index contributed by atoms with van der Waals surface area (Å²) >= 11 is 3.21. The number of aromatic nitrogens is 1. The molecule has 2 N–H and O–H groups in total. The maximum atomic E-state index is 5.53.